The molecule has 0 aliphatic carbocycles. The van der Waals surface area contributed by atoms with Crippen molar-refractivity contribution in [3.05, 3.63) is 59.9 Å². The van der Waals surface area contributed by atoms with Gasteiger partial charge in [-0.15, -0.1) is 0 Å². The number of pyridine rings is 1. The van der Waals surface area contributed by atoms with E-state index in [1.54, 1.807) is 6.20 Å². The molecule has 1 aromatic heterocycles. The van der Waals surface area contributed by atoms with Crippen molar-refractivity contribution < 1.29 is 4.74 Å². The van der Waals surface area contributed by atoms with Crippen LogP contribution in [0.15, 0.2) is 48.8 Å². The number of hydrogen-bond acceptors (Lipinski definition) is 3. The number of rotatable bonds is 7. The fourth-order valence-corrected chi connectivity index (χ4v) is 1.99. The Hall–Kier alpha value is -1.87. The van der Waals surface area contributed by atoms with E-state index in [2.05, 4.69) is 42.3 Å². The van der Waals surface area contributed by atoms with Crippen LogP contribution < -0.4 is 10.1 Å². The third-order valence-corrected chi connectivity index (χ3v) is 3.17. The normalized spacial score (nSPS) is 12.1. The molecule has 2 rings (SSSR count). The van der Waals surface area contributed by atoms with Crippen LogP contribution in [-0.4, -0.2) is 11.6 Å². The van der Waals surface area contributed by atoms with Crippen LogP contribution in [-0.2, 0) is 6.54 Å². The Morgan fingerprint density at radius 2 is 2.15 bits per heavy atom. The van der Waals surface area contributed by atoms with Crippen LogP contribution in [0.2, 0.25) is 0 Å². The predicted octanol–water partition coefficient (Wildman–Crippen LogP) is 3.72. The first-order valence-corrected chi connectivity index (χ1v) is 7.14. The molecule has 0 bridgehead atoms. The van der Waals surface area contributed by atoms with Gasteiger partial charge >= 0.3 is 0 Å². The average Bonchev–Trinajstić information content (AvgIpc) is 2.52. The Morgan fingerprint density at radius 3 is 2.90 bits per heavy atom. The minimum Gasteiger partial charge on any atom is -0.494 e. The SMILES string of the molecule is CCCOc1cccc(CNC(C)c2cccnc2)c1. The van der Waals surface area contributed by atoms with Crippen molar-refractivity contribution in [3.8, 4) is 5.75 Å². The third kappa shape index (κ3) is 4.35. The molecule has 20 heavy (non-hydrogen) atoms. The zero-order chi connectivity index (χ0) is 14.2. The first-order valence-electron chi connectivity index (χ1n) is 7.14. The second-order valence-corrected chi connectivity index (χ2v) is 4.88. The van der Waals surface area contributed by atoms with Crippen LogP contribution in [0, 0.1) is 0 Å². The van der Waals surface area contributed by atoms with E-state index < -0.39 is 0 Å². The highest BCUT2D eigenvalue weighted by Gasteiger charge is 2.04. The van der Waals surface area contributed by atoms with Crippen molar-refractivity contribution in [2.75, 3.05) is 6.61 Å². The van der Waals surface area contributed by atoms with Crippen molar-refractivity contribution in [2.45, 2.75) is 32.9 Å². The summed E-state index contributed by atoms with van der Waals surface area (Å²) >= 11 is 0. The first kappa shape index (κ1) is 14.5. The van der Waals surface area contributed by atoms with Gasteiger partial charge in [0.2, 0.25) is 0 Å². The summed E-state index contributed by atoms with van der Waals surface area (Å²) in [5.41, 5.74) is 2.43. The van der Waals surface area contributed by atoms with E-state index in [0.29, 0.717) is 0 Å². The number of benzene rings is 1. The Morgan fingerprint density at radius 1 is 1.25 bits per heavy atom. The standard InChI is InChI=1S/C17H22N2O/c1-3-10-20-17-8-4-6-15(11-17)12-19-14(2)16-7-5-9-18-13-16/h4-9,11,13-14,19H,3,10,12H2,1-2H3. The van der Waals surface area contributed by atoms with E-state index in [4.69, 9.17) is 4.74 Å². The maximum absolute atomic E-state index is 5.65. The van der Waals surface area contributed by atoms with Gasteiger partial charge in [-0.3, -0.25) is 4.98 Å². The van der Waals surface area contributed by atoms with E-state index in [-0.39, 0.29) is 6.04 Å². The van der Waals surface area contributed by atoms with Crippen LogP contribution >= 0.6 is 0 Å². The van der Waals surface area contributed by atoms with E-state index in [0.717, 1.165) is 25.3 Å². The molecule has 0 radical (unpaired) electrons. The molecule has 0 spiro atoms. The number of nitrogens with one attached hydrogen (secondary N) is 1. The lowest BCUT2D eigenvalue weighted by Crippen LogP contribution is -2.18. The summed E-state index contributed by atoms with van der Waals surface area (Å²) in [5.74, 6) is 0.945. The van der Waals surface area contributed by atoms with Crippen molar-refractivity contribution >= 4 is 0 Å². The first-order chi connectivity index (χ1) is 9.79. The lowest BCUT2D eigenvalue weighted by molar-refractivity contribution is 0.317. The molecular weight excluding hydrogens is 248 g/mol. The summed E-state index contributed by atoms with van der Waals surface area (Å²) in [4.78, 5) is 4.15. The molecule has 0 aliphatic heterocycles. The zero-order valence-electron chi connectivity index (χ0n) is 12.2. The fraction of sp³-hybridized carbons (Fsp3) is 0.353. The van der Waals surface area contributed by atoms with Gasteiger partial charge in [-0.1, -0.05) is 25.1 Å². The van der Waals surface area contributed by atoms with Crippen LogP contribution in [0.5, 0.6) is 5.75 Å². The highest BCUT2D eigenvalue weighted by molar-refractivity contribution is 5.28. The Bertz CT molecular complexity index is 513. The van der Waals surface area contributed by atoms with Gasteiger partial charge in [0.15, 0.2) is 0 Å². The molecule has 0 fully saturated rings. The van der Waals surface area contributed by atoms with Gasteiger partial charge in [0.05, 0.1) is 6.61 Å². The lowest BCUT2D eigenvalue weighted by Gasteiger charge is -2.14. The summed E-state index contributed by atoms with van der Waals surface area (Å²) < 4.78 is 5.65. The van der Waals surface area contributed by atoms with E-state index >= 15 is 0 Å². The summed E-state index contributed by atoms with van der Waals surface area (Å²) in [6.45, 7) is 5.85. The van der Waals surface area contributed by atoms with Gasteiger partial charge in [-0.2, -0.15) is 0 Å². The Labute approximate surface area is 121 Å². The Kier molecular flexibility index (Phi) is 5.56. The van der Waals surface area contributed by atoms with Gasteiger partial charge in [0.1, 0.15) is 5.75 Å². The van der Waals surface area contributed by atoms with Crippen LogP contribution in [0.25, 0.3) is 0 Å². The topological polar surface area (TPSA) is 34.1 Å². The third-order valence-electron chi connectivity index (χ3n) is 3.17. The predicted molar refractivity (Wildman–Crippen MR) is 81.7 cm³/mol. The van der Waals surface area contributed by atoms with Crippen molar-refractivity contribution in [1.29, 1.82) is 0 Å². The number of nitrogens with zero attached hydrogens (tertiary/aromatic N) is 1. The average molecular weight is 270 g/mol. The maximum atomic E-state index is 5.65. The van der Waals surface area contributed by atoms with Crippen molar-refractivity contribution in [1.82, 2.24) is 10.3 Å². The number of aromatic nitrogens is 1. The molecule has 106 valence electrons. The minimum absolute atomic E-state index is 0.281. The van der Waals surface area contributed by atoms with E-state index in [9.17, 15) is 0 Å². The van der Waals surface area contributed by atoms with E-state index in [1.165, 1.54) is 11.1 Å². The molecule has 1 aromatic carbocycles. The van der Waals surface area contributed by atoms with E-state index in [1.807, 2.05) is 24.4 Å². The van der Waals surface area contributed by atoms with Gasteiger partial charge in [0, 0.05) is 25.0 Å². The molecule has 0 saturated carbocycles. The summed E-state index contributed by atoms with van der Waals surface area (Å²) in [7, 11) is 0. The van der Waals surface area contributed by atoms with Gasteiger partial charge in [0.25, 0.3) is 0 Å². The highest BCUT2D eigenvalue weighted by Crippen LogP contribution is 2.15. The van der Waals surface area contributed by atoms with Crippen molar-refractivity contribution in [2.24, 2.45) is 0 Å². The second-order valence-electron chi connectivity index (χ2n) is 4.88. The maximum Gasteiger partial charge on any atom is 0.119 e. The molecule has 2 aromatic rings. The second kappa shape index (κ2) is 7.65. The molecule has 0 saturated heterocycles. The lowest BCUT2D eigenvalue weighted by atomic mass is 10.1. The number of hydrogen-bond donors (Lipinski definition) is 1. The van der Waals surface area contributed by atoms with Gasteiger partial charge in [-0.05, 0) is 42.7 Å². The quantitative estimate of drug-likeness (QED) is 0.832. The number of ether oxygens (including phenoxy) is 1. The van der Waals surface area contributed by atoms with Crippen LogP contribution in [0.4, 0.5) is 0 Å². The van der Waals surface area contributed by atoms with Crippen LogP contribution in [0.1, 0.15) is 37.4 Å². The van der Waals surface area contributed by atoms with Gasteiger partial charge < -0.3 is 10.1 Å². The minimum atomic E-state index is 0.281. The summed E-state index contributed by atoms with van der Waals surface area (Å²) in [5, 5.41) is 3.50. The Balaban J connectivity index is 1.90. The largest absolute Gasteiger partial charge is 0.494 e. The molecule has 0 aliphatic rings. The molecular formula is C17H22N2O. The molecule has 1 unspecified atom stereocenters. The molecule has 1 atom stereocenters. The summed E-state index contributed by atoms with van der Waals surface area (Å²) in [6.07, 6.45) is 4.73. The molecule has 1 heterocycles. The molecule has 3 heteroatoms. The van der Waals surface area contributed by atoms with Gasteiger partial charge in [-0.25, -0.2) is 0 Å². The monoisotopic (exact) mass is 270 g/mol. The van der Waals surface area contributed by atoms with Crippen LogP contribution in [0.3, 0.4) is 0 Å². The smallest absolute Gasteiger partial charge is 0.119 e. The fourth-order valence-electron chi connectivity index (χ4n) is 1.99. The molecule has 3 nitrogen and oxygen atoms in total. The van der Waals surface area contributed by atoms with Crippen molar-refractivity contribution in [3.63, 3.8) is 0 Å². The summed E-state index contributed by atoms with van der Waals surface area (Å²) in [6, 6.07) is 12.6. The highest BCUT2D eigenvalue weighted by atomic mass is 16.5. The molecule has 1 N–H and O–H groups in total. The zero-order valence-corrected chi connectivity index (χ0v) is 12.2. The molecule has 0 amide bonds.